The molecular weight excluding hydrogens is 232 g/mol. The summed E-state index contributed by atoms with van der Waals surface area (Å²) in [5.41, 5.74) is 7.84. The van der Waals surface area contributed by atoms with Crippen LogP contribution in [0.1, 0.15) is 24.1 Å². The second kappa shape index (κ2) is 5.25. The Kier molecular flexibility index (Phi) is 3.71. The maximum atomic E-state index is 5.76. The van der Waals surface area contributed by atoms with E-state index in [1.54, 1.807) is 18.6 Å². The van der Waals surface area contributed by atoms with Crippen LogP contribution < -0.4 is 5.73 Å². The largest absolute Gasteiger partial charge is 0.324 e. The lowest BCUT2D eigenvalue weighted by molar-refractivity contribution is 0.806. The first-order valence-electron chi connectivity index (χ1n) is 5.33. The molecule has 0 radical (unpaired) electrons. The van der Waals surface area contributed by atoms with Gasteiger partial charge in [-0.3, -0.25) is 0 Å². The first-order chi connectivity index (χ1) is 8.15. The summed E-state index contributed by atoms with van der Waals surface area (Å²) in [7, 11) is 0. The monoisotopic (exact) mass is 246 g/mol. The highest BCUT2D eigenvalue weighted by Gasteiger charge is 2.03. The zero-order valence-electron chi connectivity index (χ0n) is 9.79. The van der Waals surface area contributed by atoms with E-state index in [0.29, 0.717) is 5.16 Å². The third-order valence-electron chi connectivity index (χ3n) is 2.24. The minimum Gasteiger partial charge on any atom is -0.324 e. The van der Waals surface area contributed by atoms with Crippen LogP contribution in [0, 0.1) is 6.92 Å². The van der Waals surface area contributed by atoms with E-state index >= 15 is 0 Å². The Morgan fingerprint density at radius 2 is 1.82 bits per heavy atom. The van der Waals surface area contributed by atoms with Crippen LogP contribution in [0.2, 0.25) is 0 Å². The number of rotatable bonds is 3. The number of hydrogen-bond donors (Lipinski definition) is 1. The molecule has 17 heavy (non-hydrogen) atoms. The van der Waals surface area contributed by atoms with Crippen molar-refractivity contribution in [2.24, 2.45) is 5.73 Å². The van der Waals surface area contributed by atoms with Gasteiger partial charge in [-0.2, -0.15) is 0 Å². The van der Waals surface area contributed by atoms with E-state index in [1.807, 2.05) is 26.0 Å². The van der Waals surface area contributed by atoms with Crippen LogP contribution in [0.4, 0.5) is 0 Å². The smallest absolute Gasteiger partial charge is 0.193 e. The summed E-state index contributed by atoms with van der Waals surface area (Å²) in [5.74, 6) is 0. The molecule has 0 saturated carbocycles. The Bertz CT molecular complexity index is 479. The fourth-order valence-corrected chi connectivity index (χ4v) is 1.89. The predicted molar refractivity (Wildman–Crippen MR) is 67.7 cm³/mol. The van der Waals surface area contributed by atoms with E-state index in [0.717, 1.165) is 16.2 Å². The molecule has 2 aromatic heterocycles. The number of nitrogens with two attached hydrogens (primary N) is 1. The van der Waals surface area contributed by atoms with Crippen LogP contribution in [0.25, 0.3) is 0 Å². The molecule has 0 aliphatic heterocycles. The average molecular weight is 246 g/mol. The van der Waals surface area contributed by atoms with Gasteiger partial charge in [0.05, 0.1) is 0 Å². The number of aromatic nitrogens is 3. The van der Waals surface area contributed by atoms with Gasteiger partial charge in [0.2, 0.25) is 0 Å². The third kappa shape index (κ3) is 3.25. The fraction of sp³-hybridized carbons (Fsp3) is 0.250. The van der Waals surface area contributed by atoms with Crippen molar-refractivity contribution in [2.75, 3.05) is 0 Å². The molecule has 2 N–H and O–H groups in total. The number of aryl methyl sites for hydroxylation is 1. The highest BCUT2D eigenvalue weighted by molar-refractivity contribution is 7.99. The van der Waals surface area contributed by atoms with E-state index in [1.165, 1.54) is 11.8 Å². The summed E-state index contributed by atoms with van der Waals surface area (Å²) in [6.45, 7) is 3.90. The summed E-state index contributed by atoms with van der Waals surface area (Å²) in [6, 6.07) is 3.93. The Balaban J connectivity index is 2.11. The maximum absolute atomic E-state index is 5.76. The topological polar surface area (TPSA) is 64.7 Å². The van der Waals surface area contributed by atoms with Gasteiger partial charge in [-0.05, 0) is 42.8 Å². The number of hydrogen-bond acceptors (Lipinski definition) is 5. The van der Waals surface area contributed by atoms with Crippen molar-refractivity contribution in [3.8, 4) is 0 Å². The van der Waals surface area contributed by atoms with Gasteiger partial charge in [-0.25, -0.2) is 15.0 Å². The van der Waals surface area contributed by atoms with Gasteiger partial charge in [-0.1, -0.05) is 6.07 Å². The second-order valence-corrected chi connectivity index (χ2v) is 4.85. The van der Waals surface area contributed by atoms with Crippen molar-refractivity contribution in [1.29, 1.82) is 0 Å². The Hall–Kier alpha value is -1.46. The SMILES string of the molecule is Cc1cnc(Sc2ccc([C@@H](C)N)cn2)nc1. The second-order valence-electron chi connectivity index (χ2n) is 3.86. The first-order valence-corrected chi connectivity index (χ1v) is 6.15. The Morgan fingerprint density at radius 1 is 1.12 bits per heavy atom. The molecule has 4 nitrogen and oxygen atoms in total. The minimum absolute atomic E-state index is 0.0113. The van der Waals surface area contributed by atoms with Crippen LogP contribution >= 0.6 is 11.8 Å². The van der Waals surface area contributed by atoms with Crippen LogP contribution in [-0.2, 0) is 0 Å². The van der Waals surface area contributed by atoms with Crippen LogP contribution in [-0.4, -0.2) is 15.0 Å². The molecule has 0 fully saturated rings. The van der Waals surface area contributed by atoms with Gasteiger partial charge < -0.3 is 5.73 Å². The summed E-state index contributed by atoms with van der Waals surface area (Å²) in [6.07, 6.45) is 5.39. The normalized spacial score (nSPS) is 12.4. The molecule has 1 atom stereocenters. The summed E-state index contributed by atoms with van der Waals surface area (Å²) in [5, 5.41) is 1.58. The molecule has 0 unspecified atom stereocenters. The lowest BCUT2D eigenvalue weighted by Crippen LogP contribution is -2.05. The molecule has 5 heteroatoms. The number of nitrogens with zero attached hydrogens (tertiary/aromatic N) is 3. The van der Waals surface area contributed by atoms with Crippen molar-refractivity contribution in [3.05, 3.63) is 41.9 Å². The zero-order chi connectivity index (χ0) is 12.3. The minimum atomic E-state index is 0.0113. The van der Waals surface area contributed by atoms with Crippen molar-refractivity contribution < 1.29 is 0 Å². The molecule has 0 amide bonds. The lowest BCUT2D eigenvalue weighted by Gasteiger charge is -2.05. The van der Waals surface area contributed by atoms with E-state index in [4.69, 9.17) is 5.73 Å². The van der Waals surface area contributed by atoms with Crippen LogP contribution in [0.15, 0.2) is 40.9 Å². The van der Waals surface area contributed by atoms with Gasteiger partial charge in [0.25, 0.3) is 0 Å². The molecule has 2 rings (SSSR count). The quantitative estimate of drug-likeness (QED) is 0.842. The maximum Gasteiger partial charge on any atom is 0.193 e. The molecule has 0 spiro atoms. The number of pyridine rings is 1. The van der Waals surface area contributed by atoms with E-state index < -0.39 is 0 Å². The van der Waals surface area contributed by atoms with Crippen molar-refractivity contribution >= 4 is 11.8 Å². The first kappa shape index (κ1) is 12.0. The molecule has 0 aliphatic rings. The zero-order valence-corrected chi connectivity index (χ0v) is 10.6. The third-order valence-corrected chi connectivity index (χ3v) is 3.08. The molecule has 88 valence electrons. The van der Waals surface area contributed by atoms with Crippen LogP contribution in [0.3, 0.4) is 0 Å². The molecule has 0 aliphatic carbocycles. The van der Waals surface area contributed by atoms with Gasteiger partial charge in [0.1, 0.15) is 5.03 Å². The Labute approximate surface area is 105 Å². The molecule has 0 aromatic carbocycles. The molecule has 2 aromatic rings. The van der Waals surface area contributed by atoms with E-state index in [9.17, 15) is 0 Å². The van der Waals surface area contributed by atoms with Gasteiger partial charge in [0.15, 0.2) is 5.16 Å². The van der Waals surface area contributed by atoms with Gasteiger partial charge >= 0.3 is 0 Å². The van der Waals surface area contributed by atoms with Crippen LogP contribution in [0.5, 0.6) is 0 Å². The predicted octanol–water partition coefficient (Wildman–Crippen LogP) is 2.35. The molecule has 2 heterocycles. The molecular formula is C12H14N4S. The highest BCUT2D eigenvalue weighted by atomic mass is 32.2. The summed E-state index contributed by atoms with van der Waals surface area (Å²) >= 11 is 1.44. The van der Waals surface area contributed by atoms with E-state index in [-0.39, 0.29) is 6.04 Å². The van der Waals surface area contributed by atoms with Crippen molar-refractivity contribution in [3.63, 3.8) is 0 Å². The van der Waals surface area contributed by atoms with E-state index in [2.05, 4.69) is 15.0 Å². The van der Waals surface area contributed by atoms with Crippen molar-refractivity contribution in [2.45, 2.75) is 30.1 Å². The van der Waals surface area contributed by atoms with Crippen molar-refractivity contribution in [1.82, 2.24) is 15.0 Å². The molecule has 0 saturated heterocycles. The highest BCUT2D eigenvalue weighted by Crippen LogP contribution is 2.22. The Morgan fingerprint density at radius 3 is 2.35 bits per heavy atom. The summed E-state index contributed by atoms with van der Waals surface area (Å²) in [4.78, 5) is 12.8. The lowest BCUT2D eigenvalue weighted by atomic mass is 10.2. The van der Waals surface area contributed by atoms with Gasteiger partial charge in [0, 0.05) is 24.6 Å². The average Bonchev–Trinajstić information content (AvgIpc) is 2.33. The summed E-state index contributed by atoms with van der Waals surface area (Å²) < 4.78 is 0. The standard InChI is InChI=1S/C12H14N4S/c1-8-5-15-12(16-6-8)17-11-4-3-10(7-14-11)9(2)13/h3-7,9H,13H2,1-2H3/t9-/m1/s1. The van der Waals surface area contributed by atoms with Gasteiger partial charge in [-0.15, -0.1) is 0 Å². The molecule has 0 bridgehead atoms. The fourth-order valence-electron chi connectivity index (χ4n) is 1.25.